The van der Waals surface area contributed by atoms with E-state index in [4.69, 9.17) is 34.8 Å². The third-order valence-electron chi connectivity index (χ3n) is 2.29. The molecule has 0 aliphatic carbocycles. The Bertz CT molecular complexity index is 483. The van der Waals surface area contributed by atoms with Gasteiger partial charge in [0.25, 0.3) is 0 Å². The topological polar surface area (TPSA) is 37.1 Å². The Kier molecular flexibility index (Phi) is 3.14. The Morgan fingerprint density at radius 1 is 1.19 bits per heavy atom. The average molecular weight is 301 g/mol. The molecule has 3 nitrogen and oxygen atoms in total. The van der Waals surface area contributed by atoms with Gasteiger partial charge in [0.15, 0.2) is 0 Å². The molecule has 1 aromatic carbocycles. The Balaban J connectivity index is 2.25. The van der Waals surface area contributed by atoms with E-state index in [1.165, 1.54) is 16.4 Å². The number of alkyl halides is 3. The van der Waals surface area contributed by atoms with Crippen LogP contribution in [0.15, 0.2) is 35.2 Å². The predicted molar refractivity (Wildman–Crippen MR) is 64.4 cm³/mol. The van der Waals surface area contributed by atoms with Gasteiger partial charge in [-0.3, -0.25) is 0 Å². The lowest BCUT2D eigenvalue weighted by molar-refractivity contribution is 0.552. The second-order valence-corrected chi connectivity index (χ2v) is 7.70. The molecule has 88 valence electrons. The highest BCUT2D eigenvalue weighted by molar-refractivity contribution is 7.89. The second kappa shape index (κ2) is 4.03. The van der Waals surface area contributed by atoms with Gasteiger partial charge in [0.1, 0.15) is 0 Å². The fourth-order valence-corrected chi connectivity index (χ4v) is 3.72. The minimum absolute atomic E-state index is 0.215. The minimum Gasteiger partial charge on any atom is -0.207 e. The van der Waals surface area contributed by atoms with Gasteiger partial charge < -0.3 is 0 Å². The normalized spacial score (nSPS) is 25.4. The first-order chi connectivity index (χ1) is 7.33. The van der Waals surface area contributed by atoms with Gasteiger partial charge in [0.05, 0.1) is 10.9 Å². The molecule has 0 saturated carbocycles. The van der Waals surface area contributed by atoms with Crippen LogP contribution < -0.4 is 0 Å². The molecule has 2 unspecified atom stereocenters. The number of sulfonamides is 1. The van der Waals surface area contributed by atoms with E-state index >= 15 is 0 Å². The van der Waals surface area contributed by atoms with Gasteiger partial charge >= 0.3 is 0 Å². The highest BCUT2D eigenvalue weighted by atomic mass is 35.6. The van der Waals surface area contributed by atoms with Crippen molar-refractivity contribution < 1.29 is 8.42 Å². The van der Waals surface area contributed by atoms with Crippen molar-refractivity contribution in [3.63, 3.8) is 0 Å². The van der Waals surface area contributed by atoms with Crippen LogP contribution in [0.5, 0.6) is 0 Å². The molecule has 16 heavy (non-hydrogen) atoms. The molecule has 0 spiro atoms. The van der Waals surface area contributed by atoms with Crippen molar-refractivity contribution in [1.82, 2.24) is 4.31 Å². The fourth-order valence-electron chi connectivity index (χ4n) is 1.38. The Morgan fingerprint density at radius 3 is 2.19 bits per heavy atom. The molecule has 7 heteroatoms. The van der Waals surface area contributed by atoms with E-state index in [2.05, 4.69) is 0 Å². The fraction of sp³-hybridized carbons (Fsp3) is 0.333. The Hall–Kier alpha value is -0.000000000000000111. The first kappa shape index (κ1) is 12.5. The summed E-state index contributed by atoms with van der Waals surface area (Å²) in [5.74, 6) is 0. The summed E-state index contributed by atoms with van der Waals surface area (Å²) >= 11 is 16.9. The van der Waals surface area contributed by atoms with Crippen molar-refractivity contribution in [3.8, 4) is 0 Å². The molecule has 0 aromatic heterocycles. The van der Waals surface area contributed by atoms with Crippen molar-refractivity contribution in [2.24, 2.45) is 0 Å². The first-order valence-electron chi connectivity index (χ1n) is 4.47. The van der Waals surface area contributed by atoms with Crippen molar-refractivity contribution in [3.05, 3.63) is 30.3 Å². The number of rotatable bonds is 2. The first-order valence-corrected chi connectivity index (χ1v) is 7.04. The van der Waals surface area contributed by atoms with Crippen molar-refractivity contribution in [1.29, 1.82) is 0 Å². The molecule has 1 aromatic rings. The molecule has 0 N–H and O–H groups in total. The van der Waals surface area contributed by atoms with E-state index in [1.807, 2.05) is 0 Å². The molecule has 0 bridgehead atoms. The number of hydrogen-bond donors (Lipinski definition) is 0. The number of hydrogen-bond acceptors (Lipinski definition) is 2. The molecule has 2 atom stereocenters. The third kappa shape index (κ3) is 2.31. The lowest BCUT2D eigenvalue weighted by Gasteiger charge is -2.11. The molecule has 0 radical (unpaired) electrons. The van der Waals surface area contributed by atoms with Crippen LogP contribution in [0.3, 0.4) is 0 Å². The van der Waals surface area contributed by atoms with Crippen LogP contribution in [0.4, 0.5) is 0 Å². The zero-order chi connectivity index (χ0) is 12.0. The summed E-state index contributed by atoms with van der Waals surface area (Å²) < 4.78 is 23.6. The van der Waals surface area contributed by atoms with Crippen LogP contribution in [0.1, 0.15) is 0 Å². The van der Waals surface area contributed by atoms with Gasteiger partial charge in [-0.2, -0.15) is 4.31 Å². The molecule has 1 saturated heterocycles. The van der Waals surface area contributed by atoms with E-state index in [1.54, 1.807) is 18.2 Å². The summed E-state index contributed by atoms with van der Waals surface area (Å²) in [4.78, 5) is 0.215. The summed E-state index contributed by atoms with van der Waals surface area (Å²) in [7, 11) is -3.52. The smallest absolute Gasteiger partial charge is 0.207 e. The van der Waals surface area contributed by atoms with Crippen LogP contribution in [0.2, 0.25) is 0 Å². The molecule has 1 aliphatic heterocycles. The average Bonchev–Trinajstić information content (AvgIpc) is 2.98. The predicted octanol–water partition coefficient (Wildman–Crippen LogP) is 2.43. The SMILES string of the molecule is O=S(=O)(c1ccccc1)N1CC1C(Cl)(Cl)Cl. The molecule has 0 amide bonds. The Morgan fingerprint density at radius 2 is 1.75 bits per heavy atom. The summed E-state index contributed by atoms with van der Waals surface area (Å²) in [6.45, 7) is 0.244. The second-order valence-electron chi connectivity index (χ2n) is 3.45. The molecule has 2 rings (SSSR count). The zero-order valence-corrected chi connectivity index (χ0v) is 11.1. The van der Waals surface area contributed by atoms with E-state index in [0.717, 1.165) is 0 Å². The molecular weight excluding hydrogens is 293 g/mol. The summed E-state index contributed by atoms with van der Waals surface area (Å²) in [5, 5.41) is 0. The van der Waals surface area contributed by atoms with Gasteiger partial charge in [0.2, 0.25) is 13.8 Å². The lowest BCUT2D eigenvalue weighted by Crippen LogP contribution is -2.22. The summed E-state index contributed by atoms with van der Waals surface area (Å²) in [6.07, 6.45) is 0. The van der Waals surface area contributed by atoms with Gasteiger partial charge in [-0.1, -0.05) is 53.0 Å². The summed E-state index contributed by atoms with van der Waals surface area (Å²) in [5.41, 5.74) is 0. The molecule has 1 fully saturated rings. The maximum absolute atomic E-state index is 12.0. The van der Waals surface area contributed by atoms with Crippen molar-refractivity contribution in [2.75, 3.05) is 6.54 Å². The third-order valence-corrected chi connectivity index (χ3v) is 4.94. The molecular formula is C9H8Cl3NO2S. The van der Waals surface area contributed by atoms with Gasteiger partial charge in [-0.05, 0) is 12.1 Å². The quantitative estimate of drug-likeness (QED) is 0.621. The van der Waals surface area contributed by atoms with Gasteiger partial charge in [-0.15, -0.1) is 0 Å². The van der Waals surface area contributed by atoms with Crippen LogP contribution in [0, 0.1) is 0 Å². The van der Waals surface area contributed by atoms with E-state index in [0.29, 0.717) is 0 Å². The van der Waals surface area contributed by atoms with Crippen molar-refractivity contribution in [2.45, 2.75) is 14.7 Å². The van der Waals surface area contributed by atoms with Crippen LogP contribution in [-0.2, 0) is 10.0 Å². The molecule has 1 heterocycles. The van der Waals surface area contributed by atoms with Gasteiger partial charge in [0, 0.05) is 6.54 Å². The zero-order valence-electron chi connectivity index (χ0n) is 7.98. The largest absolute Gasteiger partial charge is 0.243 e. The molecule has 1 aliphatic rings. The lowest BCUT2D eigenvalue weighted by atomic mass is 10.4. The monoisotopic (exact) mass is 299 g/mol. The van der Waals surface area contributed by atoms with Gasteiger partial charge in [-0.25, -0.2) is 8.42 Å². The minimum atomic E-state index is -3.52. The number of halogens is 3. The van der Waals surface area contributed by atoms with Crippen LogP contribution >= 0.6 is 34.8 Å². The standard InChI is InChI=1S/C9H8Cl3NO2S/c10-9(11,12)8-6-13(8)16(14,15)7-4-2-1-3-5-7/h1-5,8H,6H2. The maximum atomic E-state index is 12.0. The number of nitrogens with zero attached hydrogens (tertiary/aromatic N) is 1. The highest BCUT2D eigenvalue weighted by Gasteiger charge is 2.55. The van der Waals surface area contributed by atoms with E-state index in [-0.39, 0.29) is 11.4 Å². The van der Waals surface area contributed by atoms with Crippen molar-refractivity contribution >= 4 is 44.8 Å². The number of benzene rings is 1. The van der Waals surface area contributed by atoms with Crippen LogP contribution in [0.25, 0.3) is 0 Å². The van der Waals surface area contributed by atoms with E-state index < -0.39 is 19.9 Å². The maximum Gasteiger partial charge on any atom is 0.243 e. The Labute approximate surface area is 109 Å². The highest BCUT2D eigenvalue weighted by Crippen LogP contribution is 2.43. The summed E-state index contributed by atoms with van der Waals surface area (Å²) in [6, 6.07) is 7.52. The van der Waals surface area contributed by atoms with Crippen LogP contribution in [-0.4, -0.2) is 29.1 Å². The van der Waals surface area contributed by atoms with E-state index in [9.17, 15) is 8.42 Å².